The van der Waals surface area contributed by atoms with E-state index < -0.39 is 35.0 Å². The van der Waals surface area contributed by atoms with E-state index in [1.807, 2.05) is 30.3 Å². The molecule has 0 spiro atoms. The first-order chi connectivity index (χ1) is 20.0. The molecular weight excluding hydrogens is 554 g/mol. The lowest BCUT2D eigenvalue weighted by Crippen LogP contribution is -2.27. The number of pyridine rings is 2. The molecule has 0 aliphatic heterocycles. The smallest absolute Gasteiger partial charge is 0.369 e. The molecule has 218 valence electrons. The van der Waals surface area contributed by atoms with E-state index in [9.17, 15) is 22.8 Å². The first-order valence-corrected chi connectivity index (χ1v) is 13.2. The van der Waals surface area contributed by atoms with Crippen molar-refractivity contribution in [3.05, 3.63) is 116 Å². The number of ether oxygens (including phenoxy) is 1. The fourth-order valence-corrected chi connectivity index (χ4v) is 4.74. The Balaban J connectivity index is 1.66. The Labute approximate surface area is 237 Å². The van der Waals surface area contributed by atoms with E-state index in [2.05, 4.69) is 10.1 Å². The quantitative estimate of drug-likeness (QED) is 0.223. The average molecular weight is 582 g/mol. The highest BCUT2D eigenvalue weighted by atomic mass is 19.4. The van der Waals surface area contributed by atoms with Crippen LogP contribution in [0.2, 0.25) is 0 Å². The van der Waals surface area contributed by atoms with Gasteiger partial charge in [-0.25, -0.2) is 14.2 Å². The maximum Gasteiger partial charge on any atom is 0.395 e. The van der Waals surface area contributed by atoms with Crippen molar-refractivity contribution in [2.45, 2.75) is 52.6 Å². The number of hydrogen-bond donors (Lipinski definition) is 0. The molecule has 5 aromatic rings. The molecule has 0 amide bonds. The van der Waals surface area contributed by atoms with Crippen LogP contribution in [0.15, 0.2) is 76.4 Å². The van der Waals surface area contributed by atoms with Gasteiger partial charge in [-0.15, -0.1) is 5.10 Å². The predicted octanol–water partition coefficient (Wildman–Crippen LogP) is 5.58. The van der Waals surface area contributed by atoms with Crippen molar-refractivity contribution in [2.24, 2.45) is 0 Å². The van der Waals surface area contributed by atoms with Gasteiger partial charge in [-0.3, -0.25) is 13.9 Å². The zero-order chi connectivity index (χ0) is 30.2. The zero-order valence-corrected chi connectivity index (χ0v) is 23.0. The second kappa shape index (κ2) is 11.4. The Morgan fingerprint density at radius 3 is 2.36 bits per heavy atom. The van der Waals surface area contributed by atoms with Crippen LogP contribution >= 0.6 is 0 Å². The third kappa shape index (κ3) is 5.37. The largest absolute Gasteiger partial charge is 0.395 e. The molecular formula is C30H27F4N5O3. The van der Waals surface area contributed by atoms with Gasteiger partial charge < -0.3 is 4.74 Å². The molecule has 0 aliphatic rings. The van der Waals surface area contributed by atoms with Gasteiger partial charge in [0, 0.05) is 18.3 Å². The molecule has 1 unspecified atom stereocenters. The van der Waals surface area contributed by atoms with E-state index in [0.717, 1.165) is 29.3 Å². The molecule has 0 saturated heterocycles. The number of aryl methyl sites for hydroxylation is 1. The first kappa shape index (κ1) is 28.9. The van der Waals surface area contributed by atoms with Crippen LogP contribution < -0.4 is 11.2 Å². The van der Waals surface area contributed by atoms with Gasteiger partial charge in [-0.05, 0) is 44.0 Å². The van der Waals surface area contributed by atoms with Gasteiger partial charge in [-0.1, -0.05) is 48.5 Å². The van der Waals surface area contributed by atoms with Crippen LogP contribution in [0.25, 0.3) is 22.4 Å². The second-order valence-corrected chi connectivity index (χ2v) is 9.83. The number of para-hydroxylation sites is 1. The van der Waals surface area contributed by atoms with Gasteiger partial charge in [0.05, 0.1) is 29.1 Å². The lowest BCUT2D eigenvalue weighted by atomic mass is 9.99. The summed E-state index contributed by atoms with van der Waals surface area (Å²) in [4.78, 5) is 30.8. The maximum absolute atomic E-state index is 15.6. The SMILES string of the molecule is CCn1c(COCc2ccccc2)nn(-c2nc3c(C(C)C(F)(F)F)cn(-c4ccccc4C)c(=O)c3cc2F)c1=O. The zero-order valence-electron chi connectivity index (χ0n) is 23.0. The standard InChI is InChI=1S/C30H27F4N5O3/c1-4-37-25(17-42-16-20-11-6-5-7-12-20)36-39(29(37)41)27-23(31)14-21-26(35-27)22(19(3)30(32,33)34)15-38(28(21)40)24-13-9-8-10-18(24)2/h5-15,19H,4,16-17H2,1-3H3. The van der Waals surface area contributed by atoms with Crippen molar-refractivity contribution in [3.63, 3.8) is 0 Å². The highest BCUT2D eigenvalue weighted by molar-refractivity contribution is 5.83. The number of fused-ring (bicyclic) bond motifs is 1. The summed E-state index contributed by atoms with van der Waals surface area (Å²) in [7, 11) is 0. The average Bonchev–Trinajstić information content (AvgIpc) is 3.28. The molecule has 8 nitrogen and oxygen atoms in total. The summed E-state index contributed by atoms with van der Waals surface area (Å²) in [6.07, 6.45) is -3.61. The van der Waals surface area contributed by atoms with Gasteiger partial charge in [0.1, 0.15) is 6.61 Å². The summed E-state index contributed by atoms with van der Waals surface area (Å²) in [5.74, 6) is -3.59. The van der Waals surface area contributed by atoms with Gasteiger partial charge >= 0.3 is 11.9 Å². The summed E-state index contributed by atoms with van der Waals surface area (Å²) in [5.41, 5.74) is -0.345. The van der Waals surface area contributed by atoms with Gasteiger partial charge in [0.15, 0.2) is 17.5 Å². The minimum absolute atomic E-state index is 0.0856. The minimum Gasteiger partial charge on any atom is -0.369 e. The van der Waals surface area contributed by atoms with E-state index in [4.69, 9.17) is 4.74 Å². The van der Waals surface area contributed by atoms with E-state index in [0.29, 0.717) is 15.9 Å². The third-order valence-corrected chi connectivity index (χ3v) is 7.08. The molecule has 0 saturated carbocycles. The minimum atomic E-state index is -4.69. The van der Waals surface area contributed by atoms with Gasteiger partial charge in [0.25, 0.3) is 5.56 Å². The monoisotopic (exact) mass is 581 g/mol. The van der Waals surface area contributed by atoms with Crippen LogP contribution in [0.4, 0.5) is 17.6 Å². The van der Waals surface area contributed by atoms with Gasteiger partial charge in [-0.2, -0.15) is 17.9 Å². The Bertz CT molecular complexity index is 1880. The summed E-state index contributed by atoms with van der Waals surface area (Å²) in [6, 6.07) is 16.8. The highest BCUT2D eigenvalue weighted by Crippen LogP contribution is 2.37. The number of benzene rings is 2. The number of aromatic nitrogens is 5. The lowest BCUT2D eigenvalue weighted by Gasteiger charge is -2.20. The van der Waals surface area contributed by atoms with Crippen LogP contribution in [0.1, 0.15) is 42.3 Å². The Morgan fingerprint density at radius 2 is 1.69 bits per heavy atom. The van der Waals surface area contributed by atoms with E-state index in [1.54, 1.807) is 38.1 Å². The molecule has 0 bridgehead atoms. The van der Waals surface area contributed by atoms with Crippen molar-refractivity contribution in [1.29, 1.82) is 0 Å². The van der Waals surface area contributed by atoms with Crippen molar-refractivity contribution in [2.75, 3.05) is 0 Å². The molecule has 0 fully saturated rings. The molecule has 2 aromatic carbocycles. The fraction of sp³-hybridized carbons (Fsp3) is 0.267. The van der Waals surface area contributed by atoms with Crippen LogP contribution in [0.5, 0.6) is 0 Å². The topological polar surface area (TPSA) is 83.9 Å². The number of halogens is 4. The molecule has 0 radical (unpaired) electrons. The number of hydrogen-bond acceptors (Lipinski definition) is 5. The van der Waals surface area contributed by atoms with Crippen molar-refractivity contribution in [3.8, 4) is 11.5 Å². The highest BCUT2D eigenvalue weighted by Gasteiger charge is 2.39. The van der Waals surface area contributed by atoms with Crippen LogP contribution in [-0.4, -0.2) is 30.1 Å². The summed E-state index contributed by atoms with van der Waals surface area (Å²) in [5, 5.41) is 3.85. The molecule has 42 heavy (non-hydrogen) atoms. The van der Waals surface area contributed by atoms with E-state index in [1.165, 1.54) is 4.57 Å². The maximum atomic E-state index is 15.6. The second-order valence-electron chi connectivity index (χ2n) is 9.83. The fourth-order valence-electron chi connectivity index (χ4n) is 4.74. The van der Waals surface area contributed by atoms with Crippen LogP contribution in [-0.2, 0) is 24.5 Å². The van der Waals surface area contributed by atoms with Crippen molar-refractivity contribution >= 4 is 10.9 Å². The molecule has 3 aromatic heterocycles. The number of alkyl halides is 3. The molecule has 5 rings (SSSR count). The van der Waals surface area contributed by atoms with Crippen molar-refractivity contribution < 1.29 is 22.3 Å². The summed E-state index contributed by atoms with van der Waals surface area (Å²) < 4.78 is 66.3. The Kier molecular flexibility index (Phi) is 7.83. The van der Waals surface area contributed by atoms with E-state index in [-0.39, 0.29) is 42.0 Å². The molecule has 0 N–H and O–H groups in total. The summed E-state index contributed by atoms with van der Waals surface area (Å²) >= 11 is 0. The normalized spacial score (nSPS) is 12.6. The number of nitrogens with zero attached hydrogens (tertiary/aromatic N) is 5. The molecule has 3 heterocycles. The molecule has 0 aliphatic carbocycles. The number of rotatable bonds is 8. The predicted molar refractivity (Wildman–Crippen MR) is 148 cm³/mol. The molecule has 12 heteroatoms. The van der Waals surface area contributed by atoms with Crippen LogP contribution in [0, 0.1) is 12.7 Å². The van der Waals surface area contributed by atoms with E-state index >= 15 is 4.39 Å². The Morgan fingerprint density at radius 1 is 1.00 bits per heavy atom. The Hall–Kier alpha value is -4.58. The molecule has 1 atom stereocenters. The van der Waals surface area contributed by atoms with Gasteiger partial charge in [0.2, 0.25) is 0 Å². The van der Waals surface area contributed by atoms with Crippen molar-refractivity contribution in [1.82, 2.24) is 23.9 Å². The van der Waals surface area contributed by atoms with Crippen LogP contribution in [0.3, 0.4) is 0 Å². The lowest BCUT2D eigenvalue weighted by molar-refractivity contribution is -0.146. The summed E-state index contributed by atoms with van der Waals surface area (Å²) in [6.45, 7) is 4.66. The third-order valence-electron chi connectivity index (χ3n) is 7.08. The first-order valence-electron chi connectivity index (χ1n) is 13.2.